The average Bonchev–Trinajstić information content (AvgIpc) is 3.46. The predicted molar refractivity (Wildman–Crippen MR) is 103 cm³/mol. The number of amides is 1. The molecule has 0 unspecified atom stereocenters. The van der Waals surface area contributed by atoms with Gasteiger partial charge in [0.25, 0.3) is 0 Å². The molecular formula is C22H26N2O. The van der Waals surface area contributed by atoms with Crippen LogP contribution in [0, 0.1) is 6.92 Å². The zero-order valence-corrected chi connectivity index (χ0v) is 14.9. The van der Waals surface area contributed by atoms with Crippen molar-refractivity contribution < 1.29 is 4.79 Å². The molecule has 25 heavy (non-hydrogen) atoms. The fraction of sp³-hybridized carbons (Fsp3) is 0.409. The summed E-state index contributed by atoms with van der Waals surface area (Å²) in [4.78, 5) is 15.3. The van der Waals surface area contributed by atoms with Crippen molar-refractivity contribution in [3.05, 3.63) is 59.7 Å². The van der Waals surface area contributed by atoms with Gasteiger partial charge in [-0.15, -0.1) is 0 Å². The van der Waals surface area contributed by atoms with Crippen LogP contribution in [0.5, 0.6) is 0 Å². The van der Waals surface area contributed by atoms with E-state index in [0.717, 1.165) is 37.2 Å². The third-order valence-electron chi connectivity index (χ3n) is 5.64. The van der Waals surface area contributed by atoms with Crippen molar-refractivity contribution in [1.29, 1.82) is 0 Å². The number of carbonyl (C=O) groups excluding carboxylic acids is 1. The van der Waals surface area contributed by atoms with E-state index in [1.807, 2.05) is 12.1 Å². The molecular weight excluding hydrogens is 308 g/mol. The Balaban J connectivity index is 1.44. The van der Waals surface area contributed by atoms with Crippen molar-refractivity contribution in [1.82, 2.24) is 0 Å². The van der Waals surface area contributed by atoms with Crippen LogP contribution < -0.4 is 10.2 Å². The Bertz CT molecular complexity index is 739. The van der Waals surface area contributed by atoms with Gasteiger partial charge in [0.2, 0.25) is 5.91 Å². The van der Waals surface area contributed by atoms with Crippen molar-refractivity contribution in [2.75, 3.05) is 23.3 Å². The molecule has 0 aromatic heterocycles. The molecule has 1 N–H and O–H groups in total. The second-order valence-electron chi connectivity index (χ2n) is 7.50. The summed E-state index contributed by atoms with van der Waals surface area (Å²) >= 11 is 0. The number of nitrogens with one attached hydrogen (secondary N) is 1. The Labute approximate surface area is 150 Å². The summed E-state index contributed by atoms with van der Waals surface area (Å²) in [5.41, 5.74) is 4.20. The van der Waals surface area contributed by atoms with Gasteiger partial charge in [-0.05, 0) is 68.9 Å². The number of hydrogen-bond acceptors (Lipinski definition) is 2. The lowest BCUT2D eigenvalue weighted by Crippen LogP contribution is -2.29. The van der Waals surface area contributed by atoms with Gasteiger partial charge in [0.05, 0.1) is 5.41 Å². The van der Waals surface area contributed by atoms with Crippen molar-refractivity contribution in [3.63, 3.8) is 0 Å². The average molecular weight is 334 g/mol. The summed E-state index contributed by atoms with van der Waals surface area (Å²) < 4.78 is 0. The number of piperidine rings is 1. The molecule has 1 heterocycles. The monoisotopic (exact) mass is 334 g/mol. The lowest BCUT2D eigenvalue weighted by molar-refractivity contribution is -0.118. The molecule has 1 aliphatic carbocycles. The van der Waals surface area contributed by atoms with E-state index in [1.54, 1.807) is 0 Å². The molecule has 2 aromatic carbocycles. The standard InChI is InChI=1S/C22H26N2O/c1-17-5-7-18(8-6-17)22(13-14-22)21(25)23-19-9-11-20(12-10-19)24-15-3-2-4-16-24/h5-12H,2-4,13-16H2,1H3,(H,23,25). The van der Waals surface area contributed by atoms with E-state index in [9.17, 15) is 4.79 Å². The van der Waals surface area contributed by atoms with Gasteiger partial charge in [0.1, 0.15) is 0 Å². The lowest BCUT2D eigenvalue weighted by atomic mass is 9.94. The first-order valence-electron chi connectivity index (χ1n) is 9.41. The lowest BCUT2D eigenvalue weighted by Gasteiger charge is -2.29. The van der Waals surface area contributed by atoms with Gasteiger partial charge in [0, 0.05) is 24.5 Å². The van der Waals surface area contributed by atoms with E-state index in [-0.39, 0.29) is 11.3 Å². The maximum Gasteiger partial charge on any atom is 0.235 e. The largest absolute Gasteiger partial charge is 0.372 e. The van der Waals surface area contributed by atoms with Crippen LogP contribution in [-0.2, 0) is 10.2 Å². The minimum absolute atomic E-state index is 0.127. The number of carbonyl (C=O) groups is 1. The molecule has 0 atom stereocenters. The molecule has 3 heteroatoms. The van der Waals surface area contributed by atoms with Crippen LogP contribution in [0.4, 0.5) is 11.4 Å². The van der Waals surface area contributed by atoms with Crippen molar-refractivity contribution in [3.8, 4) is 0 Å². The first-order chi connectivity index (χ1) is 12.2. The van der Waals surface area contributed by atoms with Crippen LogP contribution in [0.1, 0.15) is 43.2 Å². The first-order valence-corrected chi connectivity index (χ1v) is 9.41. The molecule has 3 nitrogen and oxygen atoms in total. The molecule has 2 fully saturated rings. The van der Waals surface area contributed by atoms with Crippen LogP contribution in [-0.4, -0.2) is 19.0 Å². The summed E-state index contributed by atoms with van der Waals surface area (Å²) in [6, 6.07) is 16.7. The number of hydrogen-bond donors (Lipinski definition) is 1. The summed E-state index contributed by atoms with van der Waals surface area (Å²) in [7, 11) is 0. The molecule has 4 rings (SSSR count). The molecule has 0 spiro atoms. The number of anilines is 2. The minimum Gasteiger partial charge on any atom is -0.372 e. The van der Waals surface area contributed by atoms with Crippen LogP contribution in [0.15, 0.2) is 48.5 Å². The Morgan fingerprint density at radius 1 is 0.920 bits per heavy atom. The minimum atomic E-state index is -0.320. The maximum atomic E-state index is 12.8. The van der Waals surface area contributed by atoms with Gasteiger partial charge in [-0.3, -0.25) is 4.79 Å². The third kappa shape index (κ3) is 3.28. The second kappa shape index (κ2) is 6.55. The number of benzene rings is 2. The van der Waals surface area contributed by atoms with Gasteiger partial charge in [-0.2, -0.15) is 0 Å². The zero-order chi connectivity index (χ0) is 17.3. The van der Waals surface area contributed by atoms with Crippen LogP contribution >= 0.6 is 0 Å². The van der Waals surface area contributed by atoms with E-state index in [1.165, 1.54) is 30.5 Å². The molecule has 0 bridgehead atoms. The van der Waals surface area contributed by atoms with Crippen molar-refractivity contribution in [2.45, 2.75) is 44.4 Å². The Hall–Kier alpha value is -2.29. The first kappa shape index (κ1) is 16.2. The molecule has 1 saturated carbocycles. The Morgan fingerprint density at radius 2 is 1.56 bits per heavy atom. The van der Waals surface area contributed by atoms with Gasteiger partial charge >= 0.3 is 0 Å². The highest BCUT2D eigenvalue weighted by Crippen LogP contribution is 2.49. The zero-order valence-electron chi connectivity index (χ0n) is 14.9. The molecule has 0 radical (unpaired) electrons. The van der Waals surface area contributed by atoms with E-state index in [0.29, 0.717) is 0 Å². The van der Waals surface area contributed by atoms with E-state index < -0.39 is 0 Å². The van der Waals surface area contributed by atoms with Crippen LogP contribution in [0.2, 0.25) is 0 Å². The Kier molecular flexibility index (Phi) is 4.24. The van der Waals surface area contributed by atoms with Crippen LogP contribution in [0.25, 0.3) is 0 Å². The normalized spacial score (nSPS) is 18.7. The fourth-order valence-corrected chi connectivity index (χ4v) is 3.80. The van der Waals surface area contributed by atoms with Crippen molar-refractivity contribution in [2.24, 2.45) is 0 Å². The van der Waals surface area contributed by atoms with Crippen LogP contribution in [0.3, 0.4) is 0 Å². The van der Waals surface area contributed by atoms with E-state index in [4.69, 9.17) is 0 Å². The maximum absolute atomic E-state index is 12.8. The molecule has 1 amide bonds. The highest BCUT2D eigenvalue weighted by molar-refractivity contribution is 6.01. The summed E-state index contributed by atoms with van der Waals surface area (Å²) in [6.45, 7) is 4.36. The van der Waals surface area contributed by atoms with Gasteiger partial charge in [0.15, 0.2) is 0 Å². The summed E-state index contributed by atoms with van der Waals surface area (Å²) in [5.74, 6) is 0.127. The summed E-state index contributed by atoms with van der Waals surface area (Å²) in [6.07, 6.45) is 5.77. The SMILES string of the molecule is Cc1ccc(C2(C(=O)Nc3ccc(N4CCCCC4)cc3)CC2)cc1. The second-order valence-corrected chi connectivity index (χ2v) is 7.50. The van der Waals surface area contributed by atoms with Crippen molar-refractivity contribution >= 4 is 17.3 Å². The highest BCUT2D eigenvalue weighted by atomic mass is 16.2. The number of aryl methyl sites for hydroxylation is 1. The molecule has 1 saturated heterocycles. The summed E-state index contributed by atoms with van der Waals surface area (Å²) in [5, 5.41) is 3.13. The number of rotatable bonds is 4. The molecule has 2 aliphatic rings. The van der Waals surface area contributed by atoms with Gasteiger partial charge < -0.3 is 10.2 Å². The topological polar surface area (TPSA) is 32.3 Å². The highest BCUT2D eigenvalue weighted by Gasteiger charge is 2.51. The fourth-order valence-electron chi connectivity index (χ4n) is 3.80. The predicted octanol–water partition coefficient (Wildman–Crippen LogP) is 4.66. The quantitative estimate of drug-likeness (QED) is 0.882. The Morgan fingerprint density at radius 3 is 2.16 bits per heavy atom. The third-order valence-corrected chi connectivity index (χ3v) is 5.64. The number of nitrogens with zero attached hydrogens (tertiary/aromatic N) is 1. The smallest absolute Gasteiger partial charge is 0.235 e. The van der Waals surface area contributed by atoms with E-state index in [2.05, 4.69) is 53.5 Å². The molecule has 130 valence electrons. The van der Waals surface area contributed by atoms with Gasteiger partial charge in [-0.1, -0.05) is 29.8 Å². The molecule has 1 aliphatic heterocycles. The van der Waals surface area contributed by atoms with Gasteiger partial charge in [-0.25, -0.2) is 0 Å². The molecule has 2 aromatic rings. The van der Waals surface area contributed by atoms with E-state index >= 15 is 0 Å².